The quantitative estimate of drug-likeness (QED) is 0.847. The highest BCUT2D eigenvalue weighted by Gasteiger charge is 2.42. The maximum Gasteiger partial charge on any atom is 0.416 e. The smallest absolute Gasteiger partial charge is 0.330 e. The molecule has 4 heteroatoms. The second-order valence-corrected chi connectivity index (χ2v) is 5.07. The zero-order chi connectivity index (χ0) is 12.7. The first-order chi connectivity index (χ1) is 7.87. The first kappa shape index (κ1) is 12.4. The molecule has 0 bridgehead atoms. The molecule has 0 aliphatic heterocycles. The monoisotopic (exact) mass is 243 g/mol. The van der Waals surface area contributed by atoms with E-state index in [0.717, 1.165) is 30.5 Å². The van der Waals surface area contributed by atoms with E-state index in [1.165, 1.54) is 0 Å². The van der Waals surface area contributed by atoms with Gasteiger partial charge in [-0.15, -0.1) is 0 Å². The lowest BCUT2D eigenvalue weighted by atomic mass is 9.59. The van der Waals surface area contributed by atoms with Crippen molar-refractivity contribution < 1.29 is 13.2 Å². The van der Waals surface area contributed by atoms with Gasteiger partial charge in [-0.3, -0.25) is 0 Å². The van der Waals surface area contributed by atoms with Crippen molar-refractivity contribution in [1.82, 2.24) is 0 Å². The van der Waals surface area contributed by atoms with Crippen LogP contribution in [-0.4, -0.2) is 6.54 Å². The van der Waals surface area contributed by atoms with Gasteiger partial charge in [0.15, 0.2) is 0 Å². The van der Waals surface area contributed by atoms with Gasteiger partial charge in [-0.1, -0.05) is 19.1 Å². The molecule has 0 atom stereocenters. The van der Waals surface area contributed by atoms with Gasteiger partial charge in [0.25, 0.3) is 0 Å². The molecule has 2 rings (SSSR count). The van der Waals surface area contributed by atoms with E-state index in [2.05, 4.69) is 6.92 Å². The molecule has 1 nitrogen and oxygen atoms in total. The number of nitrogens with two attached hydrogens (primary N) is 1. The minimum absolute atomic E-state index is 0.0937. The van der Waals surface area contributed by atoms with Gasteiger partial charge < -0.3 is 5.73 Å². The van der Waals surface area contributed by atoms with Crippen molar-refractivity contribution in [3.8, 4) is 0 Å². The molecule has 0 unspecified atom stereocenters. The topological polar surface area (TPSA) is 26.0 Å². The molecule has 0 amide bonds. The highest BCUT2D eigenvalue weighted by Crippen LogP contribution is 2.47. The summed E-state index contributed by atoms with van der Waals surface area (Å²) in [6.45, 7) is 2.64. The molecule has 1 saturated carbocycles. The Morgan fingerprint density at radius 1 is 1.24 bits per heavy atom. The summed E-state index contributed by atoms with van der Waals surface area (Å²) in [4.78, 5) is 0. The lowest BCUT2D eigenvalue weighted by Crippen LogP contribution is -2.46. The van der Waals surface area contributed by atoms with E-state index < -0.39 is 11.7 Å². The molecule has 1 fully saturated rings. The fourth-order valence-electron chi connectivity index (χ4n) is 2.81. The normalized spacial score (nSPS) is 28.9. The summed E-state index contributed by atoms with van der Waals surface area (Å²) in [7, 11) is 0. The third kappa shape index (κ3) is 2.18. The second-order valence-electron chi connectivity index (χ2n) is 5.07. The molecule has 1 aromatic carbocycles. The highest BCUT2D eigenvalue weighted by atomic mass is 19.4. The molecule has 0 aromatic heterocycles. The van der Waals surface area contributed by atoms with Crippen LogP contribution in [0.15, 0.2) is 24.3 Å². The fourth-order valence-corrected chi connectivity index (χ4v) is 2.81. The van der Waals surface area contributed by atoms with Crippen LogP contribution in [0.2, 0.25) is 0 Å². The second kappa shape index (κ2) is 4.02. The van der Waals surface area contributed by atoms with E-state index in [0.29, 0.717) is 12.5 Å². The van der Waals surface area contributed by atoms with Gasteiger partial charge in [0, 0.05) is 12.0 Å². The van der Waals surface area contributed by atoms with E-state index in [1.807, 2.05) is 0 Å². The van der Waals surface area contributed by atoms with Crippen LogP contribution in [-0.2, 0) is 11.6 Å². The van der Waals surface area contributed by atoms with Crippen molar-refractivity contribution >= 4 is 0 Å². The maximum atomic E-state index is 12.4. The first-order valence-corrected chi connectivity index (χ1v) is 5.75. The standard InChI is InChI=1S/C13H16F3N/c1-9-6-12(7-9,8-17)10-2-4-11(5-3-10)13(14,15)16/h2-5,9H,6-8,17H2,1H3. The molecule has 17 heavy (non-hydrogen) atoms. The number of hydrogen-bond acceptors (Lipinski definition) is 1. The van der Waals surface area contributed by atoms with Crippen LogP contribution in [0.5, 0.6) is 0 Å². The van der Waals surface area contributed by atoms with E-state index in [1.54, 1.807) is 12.1 Å². The van der Waals surface area contributed by atoms with Crippen molar-refractivity contribution in [2.24, 2.45) is 11.7 Å². The van der Waals surface area contributed by atoms with Crippen molar-refractivity contribution in [3.63, 3.8) is 0 Å². The predicted molar refractivity (Wildman–Crippen MR) is 60.6 cm³/mol. The Bertz CT molecular complexity index is 388. The van der Waals surface area contributed by atoms with Gasteiger partial charge >= 0.3 is 6.18 Å². The lowest BCUT2D eigenvalue weighted by molar-refractivity contribution is -0.137. The van der Waals surface area contributed by atoms with Crippen LogP contribution < -0.4 is 5.73 Å². The van der Waals surface area contributed by atoms with Crippen molar-refractivity contribution in [3.05, 3.63) is 35.4 Å². The summed E-state index contributed by atoms with van der Waals surface area (Å²) < 4.78 is 37.3. The molecule has 1 aliphatic rings. The fraction of sp³-hybridized carbons (Fsp3) is 0.538. The van der Waals surface area contributed by atoms with Gasteiger partial charge in [-0.05, 0) is 36.5 Å². The summed E-state index contributed by atoms with van der Waals surface area (Å²) in [6.07, 6.45) is -2.33. The molecule has 1 aliphatic carbocycles. The highest BCUT2D eigenvalue weighted by molar-refractivity contribution is 5.33. The Morgan fingerprint density at radius 3 is 2.12 bits per heavy atom. The molecule has 94 valence electrons. The Balaban J connectivity index is 2.24. The number of alkyl halides is 3. The zero-order valence-electron chi connectivity index (χ0n) is 9.72. The third-order valence-corrected chi connectivity index (χ3v) is 3.69. The minimum atomic E-state index is -4.26. The van der Waals surface area contributed by atoms with Crippen molar-refractivity contribution in [1.29, 1.82) is 0 Å². The van der Waals surface area contributed by atoms with Crippen LogP contribution in [0, 0.1) is 5.92 Å². The molecule has 0 heterocycles. The van der Waals surface area contributed by atoms with Gasteiger partial charge in [0.1, 0.15) is 0 Å². The Morgan fingerprint density at radius 2 is 1.76 bits per heavy atom. The van der Waals surface area contributed by atoms with Crippen molar-refractivity contribution in [2.45, 2.75) is 31.4 Å². The van der Waals surface area contributed by atoms with Crippen LogP contribution >= 0.6 is 0 Å². The number of benzene rings is 1. The van der Waals surface area contributed by atoms with E-state index in [4.69, 9.17) is 5.73 Å². The number of rotatable bonds is 2. The largest absolute Gasteiger partial charge is 0.416 e. The van der Waals surface area contributed by atoms with Gasteiger partial charge in [0.05, 0.1) is 5.56 Å². The Labute approximate surface area is 98.8 Å². The molecule has 0 saturated heterocycles. The molecule has 1 aromatic rings. The Hall–Kier alpha value is -1.03. The molecular formula is C13H16F3N. The summed E-state index contributed by atoms with van der Waals surface area (Å²) >= 11 is 0. The summed E-state index contributed by atoms with van der Waals surface area (Å²) in [5, 5.41) is 0. The summed E-state index contributed by atoms with van der Waals surface area (Å²) in [6, 6.07) is 5.44. The van der Waals surface area contributed by atoms with E-state index in [-0.39, 0.29) is 5.41 Å². The Kier molecular flexibility index (Phi) is 2.94. The summed E-state index contributed by atoms with van der Waals surface area (Å²) in [5.41, 5.74) is 6.01. The van der Waals surface area contributed by atoms with Crippen LogP contribution in [0.3, 0.4) is 0 Å². The lowest BCUT2D eigenvalue weighted by Gasteiger charge is -2.46. The van der Waals surface area contributed by atoms with Crippen LogP contribution in [0.4, 0.5) is 13.2 Å². The van der Waals surface area contributed by atoms with Gasteiger partial charge in [-0.25, -0.2) is 0 Å². The maximum absolute atomic E-state index is 12.4. The van der Waals surface area contributed by atoms with E-state index >= 15 is 0 Å². The van der Waals surface area contributed by atoms with Crippen LogP contribution in [0.25, 0.3) is 0 Å². The number of halogens is 3. The molecular weight excluding hydrogens is 227 g/mol. The van der Waals surface area contributed by atoms with Gasteiger partial charge in [-0.2, -0.15) is 13.2 Å². The van der Waals surface area contributed by atoms with Gasteiger partial charge in [0.2, 0.25) is 0 Å². The number of hydrogen-bond donors (Lipinski definition) is 1. The SMILES string of the molecule is CC1CC(CN)(c2ccc(C(F)(F)F)cc2)C1. The van der Waals surface area contributed by atoms with E-state index in [9.17, 15) is 13.2 Å². The molecule has 2 N–H and O–H groups in total. The average molecular weight is 243 g/mol. The third-order valence-electron chi connectivity index (χ3n) is 3.69. The average Bonchev–Trinajstić information content (AvgIpc) is 2.23. The zero-order valence-corrected chi connectivity index (χ0v) is 9.72. The molecule has 0 spiro atoms. The van der Waals surface area contributed by atoms with Crippen LogP contribution in [0.1, 0.15) is 30.9 Å². The predicted octanol–water partition coefficient (Wildman–Crippen LogP) is 3.33. The molecule has 0 radical (unpaired) electrons. The summed E-state index contributed by atoms with van der Waals surface area (Å²) in [5.74, 6) is 0.612. The first-order valence-electron chi connectivity index (χ1n) is 5.75. The van der Waals surface area contributed by atoms with Crippen molar-refractivity contribution in [2.75, 3.05) is 6.54 Å². The minimum Gasteiger partial charge on any atom is -0.330 e.